The van der Waals surface area contributed by atoms with Gasteiger partial charge in [0.2, 0.25) is 0 Å². The second-order valence-electron chi connectivity index (χ2n) is 4.51. The molecule has 1 heterocycles. The first-order valence-electron chi connectivity index (χ1n) is 5.90. The molecule has 0 aromatic carbocycles. The summed E-state index contributed by atoms with van der Waals surface area (Å²) >= 11 is 0. The third kappa shape index (κ3) is 2.99. The molecule has 0 radical (unpaired) electrons. The standard InChI is InChI=1S/C12H20N2O3/c1-4-7-13(9(2)3)12(17)14-8-5-6-10(14)11(15)16/h4,9-10H,1,5-8H2,2-3H3,(H,15,16). The molecule has 0 aromatic heterocycles. The van der Waals surface area contributed by atoms with Crippen molar-refractivity contribution in [3.05, 3.63) is 12.7 Å². The topological polar surface area (TPSA) is 60.9 Å². The van der Waals surface area contributed by atoms with Crippen LogP contribution in [0.3, 0.4) is 0 Å². The van der Waals surface area contributed by atoms with Gasteiger partial charge < -0.3 is 14.9 Å². The van der Waals surface area contributed by atoms with Crippen molar-refractivity contribution in [2.45, 2.75) is 38.8 Å². The lowest BCUT2D eigenvalue weighted by Crippen LogP contribution is -2.50. The summed E-state index contributed by atoms with van der Waals surface area (Å²) in [4.78, 5) is 26.4. The zero-order chi connectivity index (χ0) is 13.0. The highest BCUT2D eigenvalue weighted by Crippen LogP contribution is 2.20. The average Bonchev–Trinajstić information content (AvgIpc) is 2.73. The predicted molar refractivity (Wildman–Crippen MR) is 64.8 cm³/mol. The summed E-state index contributed by atoms with van der Waals surface area (Å²) in [7, 11) is 0. The molecule has 96 valence electrons. The molecular weight excluding hydrogens is 220 g/mol. The molecule has 5 nitrogen and oxygen atoms in total. The Morgan fingerprint density at radius 3 is 2.71 bits per heavy atom. The van der Waals surface area contributed by atoms with E-state index < -0.39 is 12.0 Å². The third-order valence-electron chi connectivity index (χ3n) is 2.98. The molecule has 0 aromatic rings. The smallest absolute Gasteiger partial charge is 0.326 e. The molecule has 0 bridgehead atoms. The first-order valence-corrected chi connectivity index (χ1v) is 5.90. The fraction of sp³-hybridized carbons (Fsp3) is 0.667. The van der Waals surface area contributed by atoms with E-state index in [2.05, 4.69) is 6.58 Å². The van der Waals surface area contributed by atoms with Crippen LogP contribution in [0.25, 0.3) is 0 Å². The first kappa shape index (κ1) is 13.5. The van der Waals surface area contributed by atoms with Gasteiger partial charge in [0.05, 0.1) is 0 Å². The lowest BCUT2D eigenvalue weighted by molar-refractivity contribution is -0.141. The van der Waals surface area contributed by atoms with Gasteiger partial charge in [0.1, 0.15) is 6.04 Å². The van der Waals surface area contributed by atoms with Gasteiger partial charge in [-0.3, -0.25) is 0 Å². The molecule has 1 atom stereocenters. The molecule has 1 N–H and O–H groups in total. The summed E-state index contributed by atoms with van der Waals surface area (Å²) in [5.74, 6) is -0.918. The molecule has 1 fully saturated rings. The third-order valence-corrected chi connectivity index (χ3v) is 2.98. The van der Waals surface area contributed by atoms with Crippen molar-refractivity contribution < 1.29 is 14.7 Å². The van der Waals surface area contributed by atoms with Crippen LogP contribution >= 0.6 is 0 Å². The molecule has 1 aliphatic rings. The minimum absolute atomic E-state index is 0.0375. The van der Waals surface area contributed by atoms with Crippen molar-refractivity contribution in [1.82, 2.24) is 9.80 Å². The summed E-state index contributed by atoms with van der Waals surface area (Å²) in [5, 5.41) is 9.05. The van der Waals surface area contributed by atoms with Crippen molar-refractivity contribution in [2.24, 2.45) is 0 Å². The minimum Gasteiger partial charge on any atom is -0.480 e. The van der Waals surface area contributed by atoms with Gasteiger partial charge in [-0.15, -0.1) is 6.58 Å². The SMILES string of the molecule is C=CCN(C(=O)N1CCCC1C(=O)O)C(C)C. The average molecular weight is 240 g/mol. The number of carboxylic acids is 1. The minimum atomic E-state index is -0.918. The normalized spacial score (nSPS) is 19.5. The molecule has 1 aliphatic heterocycles. The van der Waals surface area contributed by atoms with Gasteiger partial charge in [-0.2, -0.15) is 0 Å². The molecule has 1 unspecified atom stereocenters. The Kier molecular flexibility index (Phi) is 4.54. The summed E-state index contributed by atoms with van der Waals surface area (Å²) in [6, 6.07) is -0.839. The van der Waals surface area contributed by atoms with Crippen LogP contribution in [0.5, 0.6) is 0 Å². The highest BCUT2D eigenvalue weighted by molar-refractivity contribution is 5.83. The van der Waals surface area contributed by atoms with Gasteiger partial charge in [-0.25, -0.2) is 9.59 Å². The number of nitrogens with zero attached hydrogens (tertiary/aromatic N) is 2. The van der Waals surface area contributed by atoms with Crippen LogP contribution in [0.2, 0.25) is 0 Å². The van der Waals surface area contributed by atoms with Crippen LogP contribution in [0.4, 0.5) is 4.79 Å². The van der Waals surface area contributed by atoms with E-state index in [1.165, 1.54) is 4.90 Å². The Bertz CT molecular complexity index is 315. The Hall–Kier alpha value is -1.52. The van der Waals surface area contributed by atoms with E-state index >= 15 is 0 Å². The summed E-state index contributed by atoms with van der Waals surface area (Å²) in [6.07, 6.45) is 2.95. The molecule has 17 heavy (non-hydrogen) atoms. The monoisotopic (exact) mass is 240 g/mol. The number of aliphatic carboxylic acids is 1. The van der Waals surface area contributed by atoms with Gasteiger partial charge >= 0.3 is 12.0 Å². The summed E-state index contributed by atoms with van der Waals surface area (Å²) in [6.45, 7) is 8.40. The molecule has 0 aliphatic carbocycles. The summed E-state index contributed by atoms with van der Waals surface area (Å²) in [5.41, 5.74) is 0. The number of hydrogen-bond donors (Lipinski definition) is 1. The second-order valence-corrected chi connectivity index (χ2v) is 4.51. The summed E-state index contributed by atoms with van der Waals surface area (Å²) < 4.78 is 0. The lowest BCUT2D eigenvalue weighted by Gasteiger charge is -2.32. The van der Waals surface area contributed by atoms with E-state index in [4.69, 9.17) is 5.11 Å². The van der Waals surface area contributed by atoms with Crippen LogP contribution in [-0.4, -0.2) is 52.1 Å². The number of amides is 2. The zero-order valence-electron chi connectivity index (χ0n) is 10.4. The highest BCUT2D eigenvalue weighted by Gasteiger charge is 2.36. The van der Waals surface area contributed by atoms with Gasteiger partial charge in [-0.1, -0.05) is 6.08 Å². The van der Waals surface area contributed by atoms with Gasteiger partial charge in [0.25, 0.3) is 0 Å². The van der Waals surface area contributed by atoms with Crippen molar-refractivity contribution in [3.63, 3.8) is 0 Å². The van der Waals surface area contributed by atoms with Crippen molar-refractivity contribution in [3.8, 4) is 0 Å². The van der Waals surface area contributed by atoms with E-state index in [1.54, 1.807) is 11.0 Å². The largest absolute Gasteiger partial charge is 0.480 e. The fourth-order valence-corrected chi connectivity index (χ4v) is 2.07. The first-order chi connectivity index (χ1) is 7.99. The predicted octanol–water partition coefficient (Wildman–Crippen LogP) is 1.55. The van der Waals surface area contributed by atoms with E-state index in [0.29, 0.717) is 19.5 Å². The van der Waals surface area contributed by atoms with Gasteiger partial charge in [-0.05, 0) is 26.7 Å². The maximum Gasteiger partial charge on any atom is 0.326 e. The quantitative estimate of drug-likeness (QED) is 0.758. The number of carbonyl (C=O) groups excluding carboxylic acids is 1. The van der Waals surface area contributed by atoms with Gasteiger partial charge in [0, 0.05) is 19.1 Å². The zero-order valence-corrected chi connectivity index (χ0v) is 10.4. The number of urea groups is 1. The van der Waals surface area contributed by atoms with E-state index in [9.17, 15) is 9.59 Å². The highest BCUT2D eigenvalue weighted by atomic mass is 16.4. The number of hydrogen-bond acceptors (Lipinski definition) is 2. The Morgan fingerprint density at radius 1 is 1.59 bits per heavy atom. The van der Waals surface area contributed by atoms with Crippen molar-refractivity contribution >= 4 is 12.0 Å². The van der Waals surface area contributed by atoms with E-state index in [-0.39, 0.29) is 12.1 Å². The molecule has 0 spiro atoms. The van der Waals surface area contributed by atoms with Crippen LogP contribution in [-0.2, 0) is 4.79 Å². The molecular formula is C12H20N2O3. The van der Waals surface area contributed by atoms with Crippen LogP contribution in [0.15, 0.2) is 12.7 Å². The maximum atomic E-state index is 12.2. The van der Waals surface area contributed by atoms with E-state index in [0.717, 1.165) is 6.42 Å². The van der Waals surface area contributed by atoms with Crippen molar-refractivity contribution in [1.29, 1.82) is 0 Å². The van der Waals surface area contributed by atoms with Crippen molar-refractivity contribution in [2.75, 3.05) is 13.1 Å². The lowest BCUT2D eigenvalue weighted by atomic mass is 10.2. The van der Waals surface area contributed by atoms with Gasteiger partial charge in [0.15, 0.2) is 0 Å². The molecule has 5 heteroatoms. The fourth-order valence-electron chi connectivity index (χ4n) is 2.07. The number of rotatable bonds is 4. The number of carboxylic acid groups (broad SMARTS) is 1. The van der Waals surface area contributed by atoms with E-state index in [1.807, 2.05) is 13.8 Å². The molecule has 2 amide bonds. The molecule has 1 saturated heterocycles. The molecule has 0 saturated carbocycles. The maximum absolute atomic E-state index is 12.2. The van der Waals surface area contributed by atoms with Crippen LogP contribution in [0, 0.1) is 0 Å². The van der Waals surface area contributed by atoms with Crippen LogP contribution in [0.1, 0.15) is 26.7 Å². The number of carbonyl (C=O) groups is 2. The Labute approximate surface area is 102 Å². The molecule has 1 rings (SSSR count). The Morgan fingerprint density at radius 2 is 2.24 bits per heavy atom. The van der Waals surface area contributed by atoms with Crippen LogP contribution < -0.4 is 0 Å². The Balaban J connectivity index is 2.79. The number of likely N-dealkylation sites (tertiary alicyclic amines) is 1. The second kappa shape index (κ2) is 5.70.